The summed E-state index contributed by atoms with van der Waals surface area (Å²) in [5, 5.41) is 2.64. The summed E-state index contributed by atoms with van der Waals surface area (Å²) in [7, 11) is 0. The largest absolute Gasteiger partial charge is 0.416 e. The zero-order valence-electron chi connectivity index (χ0n) is 14.7. The van der Waals surface area contributed by atoms with E-state index in [0.717, 1.165) is 12.1 Å². The lowest BCUT2D eigenvalue weighted by Gasteiger charge is -2.34. The van der Waals surface area contributed by atoms with Crippen LogP contribution < -0.4 is 5.32 Å². The number of morpholine rings is 1. The van der Waals surface area contributed by atoms with Crippen LogP contribution in [0.4, 0.5) is 18.9 Å². The van der Waals surface area contributed by atoms with E-state index in [1.54, 1.807) is 4.90 Å². The van der Waals surface area contributed by atoms with Gasteiger partial charge in [0.15, 0.2) is 0 Å². The van der Waals surface area contributed by atoms with E-state index in [-0.39, 0.29) is 17.5 Å². The lowest BCUT2D eigenvalue weighted by atomic mass is 9.81. The zero-order valence-corrected chi connectivity index (χ0v) is 14.7. The summed E-state index contributed by atoms with van der Waals surface area (Å²) in [6.45, 7) is 1.98. The monoisotopic (exact) mass is 382 g/mol. The van der Waals surface area contributed by atoms with Gasteiger partial charge in [-0.05, 0) is 37.1 Å². The number of anilines is 1. The molecule has 2 amide bonds. The van der Waals surface area contributed by atoms with Gasteiger partial charge in [0, 0.05) is 18.8 Å². The highest BCUT2D eigenvalue weighted by Gasteiger charge is 2.37. The number of nitrogens with zero attached hydrogens (tertiary/aromatic N) is 1. The molecule has 5 nitrogen and oxygen atoms in total. The molecule has 3 rings (SSSR count). The topological polar surface area (TPSA) is 58.6 Å². The number of hydrogen-bond acceptors (Lipinski definition) is 3. The van der Waals surface area contributed by atoms with Gasteiger partial charge in [-0.15, -0.1) is 0 Å². The Morgan fingerprint density at radius 3 is 2.19 bits per heavy atom. The van der Waals surface area contributed by atoms with Gasteiger partial charge in [-0.25, -0.2) is 0 Å². The van der Waals surface area contributed by atoms with Crippen molar-refractivity contribution in [2.45, 2.75) is 19.0 Å². The van der Waals surface area contributed by atoms with E-state index in [4.69, 9.17) is 4.74 Å². The maximum Gasteiger partial charge on any atom is 0.416 e. The smallest absolute Gasteiger partial charge is 0.378 e. The Kier molecular flexibility index (Phi) is 5.84. The van der Waals surface area contributed by atoms with Crippen LogP contribution in [0.25, 0.3) is 0 Å². The fourth-order valence-corrected chi connectivity index (χ4v) is 3.37. The molecule has 1 saturated heterocycles. The molecular weight excluding hydrogens is 361 g/mol. The second kappa shape index (κ2) is 8.12. The molecule has 1 fully saturated rings. The second-order valence-electron chi connectivity index (χ2n) is 6.66. The number of allylic oxidation sites excluding steroid dienone is 2. The normalized spacial score (nSPS) is 23.1. The lowest BCUT2D eigenvalue weighted by Crippen LogP contribution is -2.47. The number of nitrogens with one attached hydrogen (secondary N) is 1. The van der Waals surface area contributed by atoms with Crippen LogP contribution in [-0.2, 0) is 20.5 Å². The van der Waals surface area contributed by atoms with Crippen LogP contribution in [-0.4, -0.2) is 43.0 Å². The molecule has 2 aliphatic rings. The molecule has 0 spiro atoms. The molecule has 0 bridgehead atoms. The molecule has 0 saturated carbocycles. The minimum Gasteiger partial charge on any atom is -0.378 e. The number of hydrogen-bond donors (Lipinski definition) is 1. The number of carbonyl (C=O) groups is 2. The molecule has 1 aliphatic heterocycles. The van der Waals surface area contributed by atoms with Crippen molar-refractivity contribution in [1.82, 2.24) is 4.90 Å². The molecule has 1 heterocycles. The maximum absolute atomic E-state index is 12.8. The van der Waals surface area contributed by atoms with E-state index in [2.05, 4.69) is 5.32 Å². The van der Waals surface area contributed by atoms with Crippen molar-refractivity contribution in [2.24, 2.45) is 11.8 Å². The summed E-state index contributed by atoms with van der Waals surface area (Å²) >= 11 is 0. The molecule has 1 aromatic carbocycles. The Bertz CT molecular complexity index is 710. The highest BCUT2D eigenvalue weighted by Crippen LogP contribution is 2.31. The van der Waals surface area contributed by atoms with Gasteiger partial charge in [0.1, 0.15) is 0 Å². The number of benzene rings is 1. The van der Waals surface area contributed by atoms with Gasteiger partial charge in [-0.3, -0.25) is 9.59 Å². The lowest BCUT2D eigenvalue weighted by molar-refractivity contribution is -0.144. The molecule has 146 valence electrons. The minimum absolute atomic E-state index is 0.0739. The quantitative estimate of drug-likeness (QED) is 0.818. The van der Waals surface area contributed by atoms with E-state index in [1.165, 1.54) is 12.1 Å². The Hall–Kier alpha value is -2.35. The summed E-state index contributed by atoms with van der Waals surface area (Å²) in [5.41, 5.74) is -0.499. The molecule has 2 atom stereocenters. The highest BCUT2D eigenvalue weighted by atomic mass is 19.4. The SMILES string of the molecule is O=C(Nc1ccc(C(F)(F)F)cc1)[C@H]1CC=CC[C@@H]1C(=O)N1CCOCC1. The third-order valence-corrected chi connectivity index (χ3v) is 4.89. The molecule has 8 heteroatoms. The summed E-state index contributed by atoms with van der Waals surface area (Å²) in [5.74, 6) is -1.45. The summed E-state index contributed by atoms with van der Waals surface area (Å²) in [6.07, 6.45) is 0.228. The van der Waals surface area contributed by atoms with Crippen molar-refractivity contribution in [3.8, 4) is 0 Å². The van der Waals surface area contributed by atoms with Crippen molar-refractivity contribution < 1.29 is 27.5 Å². The summed E-state index contributed by atoms with van der Waals surface area (Å²) in [4.78, 5) is 27.2. The van der Waals surface area contributed by atoms with Crippen molar-refractivity contribution in [2.75, 3.05) is 31.6 Å². The predicted molar refractivity (Wildman–Crippen MR) is 92.8 cm³/mol. The van der Waals surface area contributed by atoms with Gasteiger partial charge in [0.05, 0.1) is 30.6 Å². The van der Waals surface area contributed by atoms with Crippen molar-refractivity contribution in [3.63, 3.8) is 0 Å². The first-order chi connectivity index (χ1) is 12.9. The van der Waals surface area contributed by atoms with Gasteiger partial charge in [-0.2, -0.15) is 13.2 Å². The Morgan fingerprint density at radius 2 is 1.59 bits per heavy atom. The number of rotatable bonds is 3. The maximum atomic E-state index is 12.8. The second-order valence-corrected chi connectivity index (χ2v) is 6.66. The number of halogens is 3. The standard InChI is InChI=1S/C19H21F3N2O3/c20-19(21,22)13-5-7-14(8-6-13)23-17(25)15-3-1-2-4-16(15)18(26)24-9-11-27-12-10-24/h1-2,5-8,15-16H,3-4,9-12H2,(H,23,25)/t15-,16-/m0/s1. The van der Waals surface area contributed by atoms with E-state index in [9.17, 15) is 22.8 Å². The molecular formula is C19H21F3N2O3. The third-order valence-electron chi connectivity index (χ3n) is 4.89. The minimum atomic E-state index is -4.42. The average Bonchev–Trinajstić information content (AvgIpc) is 2.68. The molecule has 0 aromatic heterocycles. The number of amides is 2. The average molecular weight is 382 g/mol. The Balaban J connectivity index is 1.68. The van der Waals surface area contributed by atoms with Crippen molar-refractivity contribution in [1.29, 1.82) is 0 Å². The van der Waals surface area contributed by atoms with Crippen LogP contribution in [0.15, 0.2) is 36.4 Å². The van der Waals surface area contributed by atoms with Crippen LogP contribution in [0.5, 0.6) is 0 Å². The van der Waals surface area contributed by atoms with E-state index >= 15 is 0 Å². The van der Waals surface area contributed by atoms with Gasteiger partial charge >= 0.3 is 6.18 Å². The Labute approximate surface area is 155 Å². The fourth-order valence-electron chi connectivity index (χ4n) is 3.37. The summed E-state index contributed by atoms with van der Waals surface area (Å²) < 4.78 is 43.2. The van der Waals surface area contributed by atoms with Crippen molar-refractivity contribution in [3.05, 3.63) is 42.0 Å². The number of carbonyl (C=O) groups excluding carboxylic acids is 2. The molecule has 0 radical (unpaired) electrons. The first-order valence-electron chi connectivity index (χ1n) is 8.86. The van der Waals surface area contributed by atoms with Gasteiger partial charge in [0.2, 0.25) is 11.8 Å². The molecule has 1 aliphatic carbocycles. The molecule has 1 aromatic rings. The predicted octanol–water partition coefficient (Wildman–Crippen LogP) is 3.09. The van der Waals surface area contributed by atoms with Crippen LogP contribution in [0, 0.1) is 11.8 Å². The number of ether oxygens (including phenoxy) is 1. The van der Waals surface area contributed by atoms with Crippen molar-refractivity contribution >= 4 is 17.5 Å². The first-order valence-corrected chi connectivity index (χ1v) is 8.86. The van der Waals surface area contributed by atoms with Gasteiger partial charge < -0.3 is 15.0 Å². The van der Waals surface area contributed by atoms with Crippen LogP contribution >= 0.6 is 0 Å². The molecule has 0 unspecified atom stereocenters. The van der Waals surface area contributed by atoms with E-state index in [1.807, 2.05) is 12.2 Å². The highest BCUT2D eigenvalue weighted by molar-refractivity contribution is 5.96. The first kappa shape index (κ1) is 19.4. The molecule has 1 N–H and O–H groups in total. The van der Waals surface area contributed by atoms with Gasteiger partial charge in [0.25, 0.3) is 0 Å². The fraction of sp³-hybridized carbons (Fsp3) is 0.474. The zero-order chi connectivity index (χ0) is 19.4. The molecule has 27 heavy (non-hydrogen) atoms. The Morgan fingerprint density at radius 1 is 1.00 bits per heavy atom. The summed E-state index contributed by atoms with van der Waals surface area (Å²) in [6, 6.07) is 4.29. The number of alkyl halides is 3. The third kappa shape index (κ3) is 4.68. The van der Waals surface area contributed by atoms with Crippen LogP contribution in [0.2, 0.25) is 0 Å². The van der Waals surface area contributed by atoms with Crippen LogP contribution in [0.3, 0.4) is 0 Å². The van der Waals surface area contributed by atoms with E-state index < -0.39 is 23.6 Å². The van der Waals surface area contributed by atoms with Gasteiger partial charge in [-0.1, -0.05) is 12.2 Å². The van der Waals surface area contributed by atoms with Crippen LogP contribution in [0.1, 0.15) is 18.4 Å². The van der Waals surface area contributed by atoms with E-state index in [0.29, 0.717) is 39.1 Å².